The molecule has 366 valence electrons. The lowest BCUT2D eigenvalue weighted by Gasteiger charge is -2.72. The molecule has 8 aliphatic rings. The van der Waals surface area contributed by atoms with Crippen molar-refractivity contribution >= 4 is 5.97 Å². The van der Waals surface area contributed by atoms with E-state index in [-0.39, 0.29) is 40.6 Å². The van der Waals surface area contributed by atoms with Gasteiger partial charge in [-0.15, -0.1) is 0 Å². The predicted octanol–water partition coefficient (Wildman–Crippen LogP) is 1.34. The molecule has 3 heterocycles. The Morgan fingerprint density at radius 2 is 1.39 bits per heavy atom. The molecule has 5 aliphatic carbocycles. The average molecular weight is 913 g/mol. The van der Waals surface area contributed by atoms with Crippen molar-refractivity contribution < 1.29 is 84.3 Å². The molecule has 0 aromatic rings. The molecule has 10 N–H and O–H groups in total. The van der Waals surface area contributed by atoms with E-state index in [1.54, 1.807) is 0 Å². The van der Waals surface area contributed by atoms with Gasteiger partial charge in [0.05, 0.1) is 36.4 Å². The molecular formula is C47H76O17. The highest BCUT2D eigenvalue weighted by Gasteiger charge is 2.71. The number of aliphatic hydroxyl groups excluding tert-OH is 8. The van der Waals surface area contributed by atoms with E-state index in [0.717, 1.165) is 37.7 Å². The van der Waals surface area contributed by atoms with Crippen LogP contribution in [0.4, 0.5) is 0 Å². The number of rotatable bonds is 8. The quantitative estimate of drug-likeness (QED) is 0.122. The molecule has 0 bridgehead atoms. The Bertz CT molecular complexity index is 1760. The van der Waals surface area contributed by atoms with Crippen molar-refractivity contribution in [1.82, 2.24) is 0 Å². The largest absolute Gasteiger partial charge is 0.481 e. The van der Waals surface area contributed by atoms with Gasteiger partial charge in [-0.2, -0.15) is 0 Å². The van der Waals surface area contributed by atoms with Crippen LogP contribution in [0.3, 0.4) is 0 Å². The Balaban J connectivity index is 1.04. The maximum Gasteiger partial charge on any atom is 0.310 e. The van der Waals surface area contributed by atoms with E-state index < -0.39 is 127 Å². The van der Waals surface area contributed by atoms with Gasteiger partial charge in [0, 0.05) is 5.92 Å². The molecule has 0 spiro atoms. The van der Waals surface area contributed by atoms with Gasteiger partial charge in [-0.05, 0) is 111 Å². The number of carbonyl (C=O) groups is 1. The highest BCUT2D eigenvalue weighted by molar-refractivity contribution is 5.77. The van der Waals surface area contributed by atoms with Crippen LogP contribution in [0.25, 0.3) is 0 Å². The molecule has 17 heteroatoms. The first kappa shape index (κ1) is 49.0. The first-order valence-corrected chi connectivity index (χ1v) is 23.7. The third-order valence-corrected chi connectivity index (χ3v) is 19.4. The molecule has 2 unspecified atom stereocenters. The number of aliphatic hydroxyl groups is 9. The minimum atomic E-state index is -1.80. The zero-order valence-corrected chi connectivity index (χ0v) is 38.7. The fraction of sp³-hybridized carbons (Fsp3) is 0.936. The van der Waals surface area contributed by atoms with E-state index in [1.807, 2.05) is 13.8 Å². The van der Waals surface area contributed by atoms with Gasteiger partial charge in [0.25, 0.3) is 0 Å². The van der Waals surface area contributed by atoms with Gasteiger partial charge in [0.15, 0.2) is 18.9 Å². The summed E-state index contributed by atoms with van der Waals surface area (Å²) < 4.78 is 36.6. The Hall–Kier alpha value is -1.39. The van der Waals surface area contributed by atoms with Crippen LogP contribution in [0, 0.1) is 50.7 Å². The van der Waals surface area contributed by atoms with E-state index in [4.69, 9.17) is 28.4 Å². The van der Waals surface area contributed by atoms with Crippen LogP contribution in [0.2, 0.25) is 0 Å². The normalized spacial score (nSPS) is 56.1. The van der Waals surface area contributed by atoms with Crippen molar-refractivity contribution in [2.24, 2.45) is 50.7 Å². The van der Waals surface area contributed by atoms with Gasteiger partial charge < -0.3 is 79.5 Å². The van der Waals surface area contributed by atoms with E-state index in [9.17, 15) is 55.9 Å². The van der Waals surface area contributed by atoms with Gasteiger partial charge in [-0.1, -0.05) is 53.2 Å². The summed E-state index contributed by atoms with van der Waals surface area (Å²) in [5, 5.41) is 109. The van der Waals surface area contributed by atoms with Crippen LogP contribution in [0.1, 0.15) is 113 Å². The zero-order valence-electron chi connectivity index (χ0n) is 38.7. The summed E-state index contributed by atoms with van der Waals surface area (Å²) in [6, 6.07) is 0. The number of hydrogen-bond donors (Lipinski definition) is 10. The maximum atomic E-state index is 13.2. The molecule has 0 amide bonds. The second-order valence-electron chi connectivity index (χ2n) is 22.7. The Labute approximate surface area is 376 Å². The number of hydrogen-bond acceptors (Lipinski definition) is 16. The standard InChI is InChI=1S/C47H76O17/c1-21-11-16-47(41(56)57)18-17-44(6)23(37(47)46(21,8)58)9-10-27-43(5)14-13-28(42(3,4)26(43)12-15-45(27,44)7)62-39-35(30(51)24(49)20-59-39)64-40-36(33(54)31(52)25(19-48)61-40)63-38-34(55)32(53)29(50)22(2)60-38/h9,21-22,24-40,48-55,58H,10-20H2,1-8H3,(H,56,57)/t21-,22-,24+,25+,26?,27?,28-,29-,30-,31+,32+,33-,34+,35+,36+,37+,38-,39-,40-,43-,44+,45+,46+,47-/m1/s1. The van der Waals surface area contributed by atoms with E-state index in [0.29, 0.717) is 25.7 Å². The molecule has 0 radical (unpaired) electrons. The van der Waals surface area contributed by atoms with Gasteiger partial charge in [0.2, 0.25) is 0 Å². The van der Waals surface area contributed by atoms with Gasteiger partial charge in [-0.25, -0.2) is 0 Å². The first-order valence-electron chi connectivity index (χ1n) is 23.7. The van der Waals surface area contributed by atoms with Gasteiger partial charge in [0.1, 0.15) is 61.0 Å². The first-order chi connectivity index (χ1) is 29.8. The Morgan fingerprint density at radius 3 is 2.06 bits per heavy atom. The Morgan fingerprint density at radius 1 is 0.719 bits per heavy atom. The molecule has 24 atom stereocenters. The maximum absolute atomic E-state index is 13.2. The fourth-order valence-corrected chi connectivity index (χ4v) is 15.0. The van der Waals surface area contributed by atoms with Crippen LogP contribution in [0.15, 0.2) is 11.6 Å². The number of allylic oxidation sites excluding steroid dienone is 1. The molecule has 0 aromatic carbocycles. The molecule has 7 fully saturated rings. The molecule has 4 saturated carbocycles. The highest BCUT2D eigenvalue weighted by atomic mass is 16.8. The summed E-state index contributed by atoms with van der Waals surface area (Å²) in [5.41, 5.74) is -2.10. The minimum Gasteiger partial charge on any atom is -0.481 e. The van der Waals surface area contributed by atoms with Crippen LogP contribution in [0.5, 0.6) is 0 Å². The zero-order chi connectivity index (χ0) is 46.9. The molecule has 17 nitrogen and oxygen atoms in total. The summed E-state index contributed by atoms with van der Waals surface area (Å²) in [6.07, 6.45) is -13.0. The Kier molecular flexibility index (Phi) is 13.0. The smallest absolute Gasteiger partial charge is 0.310 e. The average Bonchev–Trinajstić information content (AvgIpc) is 3.23. The second-order valence-corrected chi connectivity index (χ2v) is 22.7. The molecule has 8 rings (SSSR count). The van der Waals surface area contributed by atoms with Gasteiger partial charge in [-0.3, -0.25) is 4.79 Å². The van der Waals surface area contributed by atoms with Gasteiger partial charge >= 0.3 is 5.97 Å². The van der Waals surface area contributed by atoms with Crippen molar-refractivity contribution in [3.63, 3.8) is 0 Å². The van der Waals surface area contributed by atoms with Crippen molar-refractivity contribution in [2.75, 3.05) is 13.2 Å². The summed E-state index contributed by atoms with van der Waals surface area (Å²) in [6.45, 7) is 15.9. The number of carboxylic acid groups (broad SMARTS) is 1. The predicted molar refractivity (Wildman–Crippen MR) is 225 cm³/mol. The topological polar surface area (TPSA) is 275 Å². The summed E-state index contributed by atoms with van der Waals surface area (Å²) in [5.74, 6) is -0.871. The molecule has 0 aromatic heterocycles. The second kappa shape index (κ2) is 16.9. The number of carboxylic acids is 1. The number of fused-ring (bicyclic) bond motifs is 7. The van der Waals surface area contributed by atoms with Crippen molar-refractivity contribution in [2.45, 2.75) is 211 Å². The van der Waals surface area contributed by atoms with E-state index >= 15 is 0 Å². The lowest BCUT2D eigenvalue weighted by Crippen LogP contribution is -2.68. The van der Waals surface area contributed by atoms with Crippen molar-refractivity contribution in [3.05, 3.63) is 11.6 Å². The van der Waals surface area contributed by atoms with Crippen LogP contribution < -0.4 is 0 Å². The lowest BCUT2D eigenvalue weighted by atomic mass is 9.33. The third-order valence-electron chi connectivity index (χ3n) is 19.4. The summed E-state index contributed by atoms with van der Waals surface area (Å²) >= 11 is 0. The highest BCUT2D eigenvalue weighted by Crippen LogP contribution is 2.76. The third kappa shape index (κ3) is 7.23. The van der Waals surface area contributed by atoms with Crippen molar-refractivity contribution in [1.29, 1.82) is 0 Å². The van der Waals surface area contributed by atoms with Crippen LogP contribution in [-0.4, -0.2) is 168 Å². The lowest BCUT2D eigenvalue weighted by molar-refractivity contribution is -0.392. The number of ether oxygens (including phenoxy) is 6. The number of aliphatic carboxylic acids is 1. The van der Waals surface area contributed by atoms with E-state index in [1.165, 1.54) is 6.92 Å². The van der Waals surface area contributed by atoms with E-state index in [2.05, 4.69) is 40.7 Å². The SMILES string of the molecule is C[C@@H]1CC[C@@]2(C(=O)O)CC[C@@]3(C)C(=CCC4[C@]5(C)CC[C@@H](O[C@H]6OC[C@H](O)[C@@H](O)[C@@H]6O[C@H]6O[C@@H](CO)[C@H](O)[C@@H](O)[C@@H]6O[C@H]6O[C@H](C)[C@@H](O)[C@H](O)[C@@H]6O)C(C)(C)C5CC[C@@]43C)[C@H]2[C@@]1(C)O. The van der Waals surface area contributed by atoms with Crippen molar-refractivity contribution in [3.8, 4) is 0 Å². The summed E-state index contributed by atoms with van der Waals surface area (Å²) in [7, 11) is 0. The molecule has 3 aliphatic heterocycles. The monoisotopic (exact) mass is 913 g/mol. The minimum absolute atomic E-state index is 0.0348. The van der Waals surface area contributed by atoms with Crippen LogP contribution >= 0.6 is 0 Å². The fourth-order valence-electron chi connectivity index (χ4n) is 15.0. The molecular weight excluding hydrogens is 836 g/mol. The summed E-state index contributed by atoms with van der Waals surface area (Å²) in [4.78, 5) is 13.2. The molecule has 64 heavy (non-hydrogen) atoms. The van der Waals surface area contributed by atoms with Crippen LogP contribution in [-0.2, 0) is 33.2 Å². The molecule has 3 saturated heterocycles.